The van der Waals surface area contributed by atoms with Gasteiger partial charge in [0, 0.05) is 17.4 Å². The maximum absolute atomic E-state index is 11.9. The second kappa shape index (κ2) is 5.68. The predicted octanol–water partition coefficient (Wildman–Crippen LogP) is 4.28. The molecule has 2 heteroatoms. The minimum atomic E-state index is 0.189. The maximum Gasteiger partial charge on any atom is 0.136 e. The molecule has 0 radical (unpaired) electrons. The quantitative estimate of drug-likeness (QED) is 0.783. The lowest BCUT2D eigenvalue weighted by Crippen LogP contribution is -2.26. The van der Waals surface area contributed by atoms with Crippen LogP contribution in [0.25, 0.3) is 0 Å². The van der Waals surface area contributed by atoms with Gasteiger partial charge in [0.2, 0.25) is 0 Å². The van der Waals surface area contributed by atoms with Crippen LogP contribution in [-0.2, 0) is 11.2 Å². The minimum absolute atomic E-state index is 0.189. The molecule has 2 unspecified atom stereocenters. The summed E-state index contributed by atoms with van der Waals surface area (Å²) in [5.74, 6) is 1.34. The molecule has 0 heterocycles. The average molecular weight is 251 g/mol. The van der Waals surface area contributed by atoms with Crippen molar-refractivity contribution in [2.45, 2.75) is 39.0 Å². The van der Waals surface area contributed by atoms with E-state index in [-0.39, 0.29) is 5.92 Å². The molecule has 0 bridgehead atoms. The van der Waals surface area contributed by atoms with Crippen LogP contribution in [0.15, 0.2) is 24.3 Å². The Morgan fingerprint density at radius 2 is 2.12 bits per heavy atom. The second-order valence-corrected chi connectivity index (χ2v) is 5.41. The lowest BCUT2D eigenvalue weighted by molar-refractivity contribution is -0.125. The molecule has 0 aromatic heterocycles. The number of carbonyl (C=O) groups is 1. The van der Waals surface area contributed by atoms with E-state index in [1.54, 1.807) is 0 Å². The summed E-state index contributed by atoms with van der Waals surface area (Å²) < 4.78 is 0. The number of hydrogen-bond acceptors (Lipinski definition) is 1. The van der Waals surface area contributed by atoms with E-state index in [1.807, 2.05) is 24.3 Å². The van der Waals surface area contributed by atoms with Gasteiger partial charge in [-0.2, -0.15) is 0 Å². The summed E-state index contributed by atoms with van der Waals surface area (Å²) >= 11 is 6.15. The summed E-state index contributed by atoms with van der Waals surface area (Å²) in [7, 11) is 0. The number of carbonyl (C=O) groups excluding carboxylic acids is 1. The van der Waals surface area contributed by atoms with Crippen LogP contribution >= 0.6 is 11.6 Å². The van der Waals surface area contributed by atoms with Crippen LogP contribution in [0.2, 0.25) is 5.02 Å². The first kappa shape index (κ1) is 12.6. The molecule has 1 aromatic rings. The first-order valence-corrected chi connectivity index (χ1v) is 6.84. The van der Waals surface area contributed by atoms with Crippen molar-refractivity contribution < 1.29 is 4.79 Å². The number of halogens is 1. The van der Waals surface area contributed by atoms with Crippen LogP contribution in [0.5, 0.6) is 0 Å². The van der Waals surface area contributed by atoms with Gasteiger partial charge in [0.1, 0.15) is 5.78 Å². The first-order chi connectivity index (χ1) is 8.20. The van der Waals surface area contributed by atoms with Gasteiger partial charge in [-0.15, -0.1) is 0 Å². The smallest absolute Gasteiger partial charge is 0.136 e. The largest absolute Gasteiger partial charge is 0.299 e. The summed E-state index contributed by atoms with van der Waals surface area (Å²) in [6.45, 7) is 2.22. The highest BCUT2D eigenvalue weighted by molar-refractivity contribution is 6.31. The molecule has 1 saturated carbocycles. The van der Waals surface area contributed by atoms with Crippen molar-refractivity contribution in [2.24, 2.45) is 11.8 Å². The zero-order valence-corrected chi connectivity index (χ0v) is 11.0. The number of rotatable bonds is 3. The molecule has 0 N–H and O–H groups in total. The summed E-state index contributed by atoms with van der Waals surface area (Å²) in [6, 6.07) is 7.86. The van der Waals surface area contributed by atoms with Gasteiger partial charge in [-0.05, 0) is 36.8 Å². The Kier molecular flexibility index (Phi) is 4.22. The third kappa shape index (κ3) is 3.10. The predicted molar refractivity (Wildman–Crippen MR) is 71.3 cm³/mol. The Balaban J connectivity index is 2.07. The average Bonchev–Trinajstić information content (AvgIpc) is 2.35. The molecule has 92 valence electrons. The zero-order valence-electron chi connectivity index (χ0n) is 10.3. The van der Waals surface area contributed by atoms with Gasteiger partial charge >= 0.3 is 0 Å². The molecule has 2 rings (SSSR count). The van der Waals surface area contributed by atoms with Crippen molar-refractivity contribution >= 4 is 17.4 Å². The molecule has 0 amide bonds. The van der Waals surface area contributed by atoms with Gasteiger partial charge in [-0.3, -0.25) is 4.79 Å². The molecule has 1 fully saturated rings. The summed E-state index contributed by atoms with van der Waals surface area (Å²) in [4.78, 5) is 11.9. The maximum atomic E-state index is 11.9. The molecule has 1 aromatic carbocycles. The second-order valence-electron chi connectivity index (χ2n) is 5.01. The van der Waals surface area contributed by atoms with Gasteiger partial charge < -0.3 is 0 Å². The third-order valence-corrected chi connectivity index (χ3v) is 4.24. The van der Waals surface area contributed by atoms with Crippen LogP contribution in [0.4, 0.5) is 0 Å². The van der Waals surface area contributed by atoms with Gasteiger partial charge in [0.05, 0.1) is 0 Å². The van der Waals surface area contributed by atoms with E-state index in [0.717, 1.165) is 42.2 Å². The highest BCUT2D eigenvalue weighted by Crippen LogP contribution is 2.32. The Bertz CT molecular complexity index is 400. The molecule has 1 aliphatic rings. The minimum Gasteiger partial charge on any atom is -0.299 e. The topological polar surface area (TPSA) is 17.1 Å². The van der Waals surface area contributed by atoms with Crippen LogP contribution in [0.1, 0.15) is 38.2 Å². The number of Topliss-reactive ketones (excluding diaryl/α,β-unsaturated/α-hetero) is 1. The molecular formula is C15H19ClO. The van der Waals surface area contributed by atoms with Gasteiger partial charge in [-0.25, -0.2) is 0 Å². The zero-order chi connectivity index (χ0) is 12.3. The molecule has 2 atom stereocenters. The molecule has 0 aliphatic heterocycles. The Morgan fingerprint density at radius 3 is 2.82 bits per heavy atom. The molecule has 0 saturated heterocycles. The summed E-state index contributed by atoms with van der Waals surface area (Å²) in [5, 5.41) is 0.791. The molecule has 0 spiro atoms. The van der Waals surface area contributed by atoms with Crippen molar-refractivity contribution in [3.63, 3.8) is 0 Å². The lowest BCUT2D eigenvalue weighted by atomic mass is 9.77. The SMILES string of the molecule is CCC1CCC(=O)C(Cc2ccccc2Cl)C1. The number of benzene rings is 1. The van der Waals surface area contributed by atoms with E-state index in [2.05, 4.69) is 6.92 Å². The molecule has 1 aliphatic carbocycles. The Hall–Kier alpha value is -0.820. The molecule has 1 nitrogen and oxygen atoms in total. The number of ketones is 1. The fourth-order valence-electron chi connectivity index (χ4n) is 2.70. The summed E-state index contributed by atoms with van der Waals surface area (Å²) in [6.07, 6.45) is 4.88. The standard InChI is InChI=1S/C15H19ClO/c1-2-11-7-8-15(17)13(9-11)10-12-5-3-4-6-14(12)16/h3-6,11,13H,2,7-10H2,1H3. The van der Waals surface area contributed by atoms with Crippen molar-refractivity contribution in [3.05, 3.63) is 34.9 Å². The fraction of sp³-hybridized carbons (Fsp3) is 0.533. The van der Waals surface area contributed by atoms with Crippen molar-refractivity contribution in [2.75, 3.05) is 0 Å². The van der Waals surface area contributed by atoms with E-state index < -0.39 is 0 Å². The van der Waals surface area contributed by atoms with Crippen LogP contribution in [0.3, 0.4) is 0 Å². The lowest BCUT2D eigenvalue weighted by Gasteiger charge is -2.27. The van der Waals surface area contributed by atoms with E-state index in [0.29, 0.717) is 5.78 Å². The normalized spacial score (nSPS) is 24.9. The van der Waals surface area contributed by atoms with Gasteiger partial charge in [0.25, 0.3) is 0 Å². The number of hydrogen-bond donors (Lipinski definition) is 0. The highest BCUT2D eigenvalue weighted by atomic mass is 35.5. The van der Waals surface area contributed by atoms with E-state index in [9.17, 15) is 4.79 Å². The Labute approximate surface area is 108 Å². The Morgan fingerprint density at radius 1 is 1.35 bits per heavy atom. The first-order valence-electron chi connectivity index (χ1n) is 6.46. The van der Waals surface area contributed by atoms with E-state index >= 15 is 0 Å². The third-order valence-electron chi connectivity index (χ3n) is 3.87. The highest BCUT2D eigenvalue weighted by Gasteiger charge is 2.28. The van der Waals surface area contributed by atoms with Crippen LogP contribution in [-0.4, -0.2) is 5.78 Å². The van der Waals surface area contributed by atoms with E-state index in [1.165, 1.54) is 6.42 Å². The monoisotopic (exact) mass is 250 g/mol. The summed E-state index contributed by atoms with van der Waals surface area (Å²) in [5.41, 5.74) is 1.12. The van der Waals surface area contributed by atoms with Gasteiger partial charge in [-0.1, -0.05) is 43.1 Å². The molecular weight excluding hydrogens is 232 g/mol. The van der Waals surface area contributed by atoms with Gasteiger partial charge in [0.15, 0.2) is 0 Å². The van der Waals surface area contributed by atoms with Crippen molar-refractivity contribution in [3.8, 4) is 0 Å². The van der Waals surface area contributed by atoms with Crippen molar-refractivity contribution in [1.82, 2.24) is 0 Å². The van der Waals surface area contributed by atoms with Crippen LogP contribution in [0, 0.1) is 11.8 Å². The van der Waals surface area contributed by atoms with E-state index in [4.69, 9.17) is 11.6 Å². The van der Waals surface area contributed by atoms with Crippen molar-refractivity contribution in [1.29, 1.82) is 0 Å². The van der Waals surface area contributed by atoms with Crippen LogP contribution < -0.4 is 0 Å². The fourth-order valence-corrected chi connectivity index (χ4v) is 2.91. The molecule has 17 heavy (non-hydrogen) atoms.